The monoisotopic (exact) mass is 344 g/mol. The molecule has 0 heterocycles. The van der Waals surface area contributed by atoms with E-state index in [9.17, 15) is 9.50 Å². The standard InChI is InChI=1S/C23H33FO/c1-5-23(4,25)20-9-8-18-17-7-6-15-14-16(24)10-12-21(15,2)19(17)11-13-22(18,20)3/h1,6,16-20,25H,7-14H2,2-4H3/t16?,17-,18-,19-,20-,21-,22-,23?/m0/s1. The molecule has 4 aliphatic rings. The van der Waals surface area contributed by atoms with E-state index in [1.165, 1.54) is 18.4 Å². The van der Waals surface area contributed by atoms with Gasteiger partial charge in [0.25, 0.3) is 0 Å². The summed E-state index contributed by atoms with van der Waals surface area (Å²) < 4.78 is 14.0. The summed E-state index contributed by atoms with van der Waals surface area (Å²) in [6.45, 7) is 6.63. The van der Waals surface area contributed by atoms with E-state index < -0.39 is 11.8 Å². The van der Waals surface area contributed by atoms with E-state index in [0.29, 0.717) is 24.2 Å². The molecule has 3 fully saturated rings. The minimum Gasteiger partial charge on any atom is -0.378 e. The highest BCUT2D eigenvalue weighted by atomic mass is 19.1. The van der Waals surface area contributed by atoms with Crippen molar-refractivity contribution in [3.05, 3.63) is 11.6 Å². The normalized spacial score (nSPS) is 51.4. The molecule has 0 bridgehead atoms. The van der Waals surface area contributed by atoms with Crippen LogP contribution >= 0.6 is 0 Å². The second-order valence-electron chi connectivity index (χ2n) is 10.1. The van der Waals surface area contributed by atoms with E-state index in [1.54, 1.807) is 0 Å². The first-order chi connectivity index (χ1) is 11.7. The van der Waals surface area contributed by atoms with Crippen LogP contribution in [-0.4, -0.2) is 16.9 Å². The molecule has 25 heavy (non-hydrogen) atoms. The van der Waals surface area contributed by atoms with Gasteiger partial charge in [-0.15, -0.1) is 6.42 Å². The summed E-state index contributed by atoms with van der Waals surface area (Å²) in [5.41, 5.74) is 0.763. The van der Waals surface area contributed by atoms with Crippen LogP contribution in [0.2, 0.25) is 0 Å². The number of hydrogen-bond donors (Lipinski definition) is 1. The lowest BCUT2D eigenvalue weighted by Gasteiger charge is -2.58. The first-order valence-electron chi connectivity index (χ1n) is 10.3. The van der Waals surface area contributed by atoms with E-state index in [-0.39, 0.29) is 16.7 Å². The second kappa shape index (κ2) is 5.59. The zero-order valence-corrected chi connectivity index (χ0v) is 16.0. The van der Waals surface area contributed by atoms with Crippen LogP contribution < -0.4 is 0 Å². The first-order valence-corrected chi connectivity index (χ1v) is 10.3. The highest BCUT2D eigenvalue weighted by molar-refractivity contribution is 5.26. The molecule has 4 aliphatic carbocycles. The van der Waals surface area contributed by atoms with Crippen molar-refractivity contribution in [2.24, 2.45) is 34.5 Å². The molecule has 2 unspecified atom stereocenters. The molecular weight excluding hydrogens is 311 g/mol. The minimum atomic E-state index is -0.998. The first kappa shape index (κ1) is 17.6. The second-order valence-corrected chi connectivity index (χ2v) is 10.1. The van der Waals surface area contributed by atoms with Crippen LogP contribution in [0.3, 0.4) is 0 Å². The maximum absolute atomic E-state index is 14.0. The van der Waals surface area contributed by atoms with Crippen LogP contribution in [-0.2, 0) is 0 Å². The van der Waals surface area contributed by atoms with E-state index >= 15 is 0 Å². The highest BCUT2D eigenvalue weighted by Gasteiger charge is 2.61. The van der Waals surface area contributed by atoms with E-state index in [0.717, 1.165) is 32.1 Å². The molecule has 4 rings (SSSR count). The van der Waals surface area contributed by atoms with Gasteiger partial charge in [0.05, 0.1) is 0 Å². The molecule has 0 saturated heterocycles. The van der Waals surface area contributed by atoms with Crippen molar-refractivity contribution in [3.8, 4) is 12.3 Å². The van der Waals surface area contributed by atoms with Crippen LogP contribution in [0.1, 0.15) is 72.1 Å². The summed E-state index contributed by atoms with van der Waals surface area (Å²) in [6.07, 6.45) is 15.5. The quantitative estimate of drug-likeness (QED) is 0.506. The number of hydrogen-bond acceptors (Lipinski definition) is 1. The Morgan fingerprint density at radius 3 is 2.68 bits per heavy atom. The molecule has 0 aliphatic heterocycles. The Labute approximate surface area is 152 Å². The third-order valence-corrected chi connectivity index (χ3v) is 9.01. The lowest BCUT2D eigenvalue weighted by atomic mass is 9.47. The molecular formula is C23H33FO. The predicted octanol–water partition coefficient (Wildman–Crippen LogP) is 5.29. The molecule has 138 valence electrons. The van der Waals surface area contributed by atoms with Gasteiger partial charge < -0.3 is 5.11 Å². The van der Waals surface area contributed by atoms with Crippen LogP contribution in [0, 0.1) is 46.8 Å². The van der Waals surface area contributed by atoms with Gasteiger partial charge in [-0.25, -0.2) is 4.39 Å². The Bertz CT molecular complexity index is 628. The maximum Gasteiger partial charge on any atom is 0.125 e. The largest absolute Gasteiger partial charge is 0.378 e. The SMILES string of the molecule is C#CC(C)(O)[C@H]1CC[C@H]2[C@@H]3CC=C4CC(F)CC[C@]4(C)[C@H]3CC[C@]12C. The van der Waals surface area contributed by atoms with Crippen molar-refractivity contribution in [1.29, 1.82) is 0 Å². The summed E-state index contributed by atoms with van der Waals surface area (Å²) >= 11 is 0. The van der Waals surface area contributed by atoms with Crippen molar-refractivity contribution >= 4 is 0 Å². The smallest absolute Gasteiger partial charge is 0.125 e. The fraction of sp³-hybridized carbons (Fsp3) is 0.826. The fourth-order valence-electron chi connectivity index (χ4n) is 7.64. The van der Waals surface area contributed by atoms with E-state index in [2.05, 4.69) is 25.8 Å². The van der Waals surface area contributed by atoms with Gasteiger partial charge >= 0.3 is 0 Å². The third kappa shape index (κ3) is 2.38. The Morgan fingerprint density at radius 2 is 1.96 bits per heavy atom. The van der Waals surface area contributed by atoms with E-state index in [4.69, 9.17) is 6.42 Å². The van der Waals surface area contributed by atoms with Crippen molar-refractivity contribution in [1.82, 2.24) is 0 Å². The van der Waals surface area contributed by atoms with Gasteiger partial charge in [0.1, 0.15) is 11.8 Å². The average molecular weight is 345 g/mol. The number of allylic oxidation sites excluding steroid dienone is 2. The molecule has 8 atom stereocenters. The molecule has 2 heteroatoms. The number of rotatable bonds is 1. The minimum absolute atomic E-state index is 0.149. The van der Waals surface area contributed by atoms with Crippen molar-refractivity contribution in [2.75, 3.05) is 0 Å². The van der Waals surface area contributed by atoms with E-state index in [1.807, 2.05) is 6.92 Å². The number of alkyl halides is 1. The van der Waals surface area contributed by atoms with Crippen molar-refractivity contribution < 1.29 is 9.50 Å². The fourth-order valence-corrected chi connectivity index (χ4v) is 7.64. The number of halogens is 1. The van der Waals surface area contributed by atoms with Crippen LogP contribution in [0.15, 0.2) is 11.6 Å². The van der Waals surface area contributed by atoms with Gasteiger partial charge in [0, 0.05) is 12.3 Å². The van der Waals surface area contributed by atoms with Gasteiger partial charge in [-0.3, -0.25) is 0 Å². The summed E-state index contributed by atoms with van der Waals surface area (Å²) in [4.78, 5) is 0. The summed E-state index contributed by atoms with van der Waals surface area (Å²) in [5, 5.41) is 10.8. The molecule has 3 saturated carbocycles. The Kier molecular flexibility index (Phi) is 3.94. The maximum atomic E-state index is 14.0. The molecule has 0 aromatic carbocycles. The highest BCUT2D eigenvalue weighted by Crippen LogP contribution is 2.67. The number of fused-ring (bicyclic) bond motifs is 5. The molecule has 1 nitrogen and oxygen atoms in total. The number of terminal acetylenes is 1. The predicted molar refractivity (Wildman–Crippen MR) is 99.5 cm³/mol. The summed E-state index contributed by atoms with van der Waals surface area (Å²) in [5.74, 6) is 4.89. The lowest BCUT2D eigenvalue weighted by Crippen LogP contribution is -2.52. The molecule has 0 amide bonds. The molecule has 0 radical (unpaired) electrons. The summed E-state index contributed by atoms with van der Waals surface area (Å²) in [6, 6.07) is 0. The van der Waals surface area contributed by atoms with Gasteiger partial charge in [0.15, 0.2) is 0 Å². The van der Waals surface area contributed by atoms with Gasteiger partial charge in [0.2, 0.25) is 0 Å². The molecule has 0 spiro atoms. The van der Waals surface area contributed by atoms with Crippen LogP contribution in [0.5, 0.6) is 0 Å². The van der Waals surface area contributed by atoms with Crippen molar-refractivity contribution in [2.45, 2.75) is 83.9 Å². The van der Waals surface area contributed by atoms with Crippen molar-refractivity contribution in [3.63, 3.8) is 0 Å². The molecule has 0 aromatic rings. The molecule has 1 N–H and O–H groups in total. The Balaban J connectivity index is 1.66. The zero-order valence-electron chi connectivity index (χ0n) is 16.0. The molecule has 0 aromatic heterocycles. The third-order valence-electron chi connectivity index (χ3n) is 9.01. The Morgan fingerprint density at radius 1 is 1.20 bits per heavy atom. The van der Waals surface area contributed by atoms with Gasteiger partial charge in [-0.2, -0.15) is 0 Å². The summed E-state index contributed by atoms with van der Waals surface area (Å²) in [7, 11) is 0. The lowest BCUT2D eigenvalue weighted by molar-refractivity contribution is -0.0808. The zero-order chi connectivity index (χ0) is 18.0. The van der Waals surface area contributed by atoms with Crippen LogP contribution in [0.25, 0.3) is 0 Å². The number of aliphatic hydroxyl groups is 1. The van der Waals surface area contributed by atoms with Gasteiger partial charge in [-0.1, -0.05) is 31.4 Å². The van der Waals surface area contributed by atoms with Gasteiger partial charge in [-0.05, 0) is 80.5 Å². The average Bonchev–Trinajstić information content (AvgIpc) is 2.93. The topological polar surface area (TPSA) is 20.2 Å². The Hall–Kier alpha value is -0.810. The van der Waals surface area contributed by atoms with Crippen LogP contribution in [0.4, 0.5) is 4.39 Å².